The van der Waals surface area contributed by atoms with Gasteiger partial charge in [0, 0.05) is 23.7 Å². The van der Waals surface area contributed by atoms with E-state index in [0.29, 0.717) is 40.9 Å². The van der Waals surface area contributed by atoms with Crippen LogP contribution < -0.4 is 4.31 Å². The molecule has 1 aliphatic rings. The minimum atomic E-state index is -4.42. The normalized spacial score (nSPS) is 16.1. The molecule has 3 aromatic carbocycles. The molecule has 4 rings (SSSR count). The van der Waals surface area contributed by atoms with Gasteiger partial charge in [-0.3, -0.25) is 4.31 Å². The summed E-state index contributed by atoms with van der Waals surface area (Å²) in [4.78, 5) is 0.648. The number of rotatable bonds is 6. The summed E-state index contributed by atoms with van der Waals surface area (Å²) < 4.78 is 80.7. The van der Waals surface area contributed by atoms with Crippen molar-refractivity contribution in [2.75, 3.05) is 4.31 Å². The monoisotopic (exact) mass is 521 g/mol. The van der Waals surface area contributed by atoms with Gasteiger partial charge < -0.3 is 0 Å². The van der Waals surface area contributed by atoms with Gasteiger partial charge in [0.15, 0.2) is 0 Å². The van der Waals surface area contributed by atoms with Gasteiger partial charge in [0.1, 0.15) is 5.82 Å². The second kappa shape index (κ2) is 9.70. The summed E-state index contributed by atoms with van der Waals surface area (Å²) in [5.74, 6) is -0.402. The molecule has 1 atom stereocenters. The lowest BCUT2D eigenvalue weighted by molar-refractivity contribution is -0.137. The van der Waals surface area contributed by atoms with Crippen LogP contribution in [-0.2, 0) is 35.5 Å². The predicted molar refractivity (Wildman–Crippen MR) is 132 cm³/mol. The molecular weight excluding hydrogens is 498 g/mol. The van der Waals surface area contributed by atoms with Crippen LogP contribution in [-0.4, -0.2) is 19.3 Å². The lowest BCUT2D eigenvalue weighted by Crippen LogP contribution is -2.42. The summed E-state index contributed by atoms with van der Waals surface area (Å²) in [6, 6.07) is 15.2. The fourth-order valence-electron chi connectivity index (χ4n) is 4.32. The number of fused-ring (bicyclic) bond motifs is 1. The number of anilines is 1. The number of sulfonamides is 1. The summed E-state index contributed by atoms with van der Waals surface area (Å²) >= 11 is 5.39. The van der Waals surface area contributed by atoms with Gasteiger partial charge in [-0.15, -0.1) is 0 Å². The van der Waals surface area contributed by atoms with Gasteiger partial charge in [0.05, 0.1) is 16.1 Å². The van der Waals surface area contributed by atoms with E-state index in [1.54, 1.807) is 18.2 Å². The summed E-state index contributed by atoms with van der Waals surface area (Å²) in [5, 5.41) is 0. The van der Waals surface area contributed by atoms with Gasteiger partial charge in [-0.05, 0) is 72.9 Å². The first-order valence-corrected chi connectivity index (χ1v) is 12.9. The number of hydrogen-bond acceptors (Lipinski definition) is 3. The Morgan fingerprint density at radius 2 is 1.69 bits per heavy atom. The number of nitrogens with zero attached hydrogens (tertiary/aromatic N) is 1. The largest absolute Gasteiger partial charge is 0.416 e. The van der Waals surface area contributed by atoms with Crippen LogP contribution in [0.4, 0.5) is 23.2 Å². The van der Waals surface area contributed by atoms with Crippen molar-refractivity contribution in [1.82, 2.24) is 0 Å². The number of benzene rings is 3. The highest BCUT2D eigenvalue weighted by Crippen LogP contribution is 2.36. The Kier molecular flexibility index (Phi) is 7.02. The third kappa shape index (κ3) is 5.56. The molecule has 1 aliphatic heterocycles. The maximum absolute atomic E-state index is 13.7. The number of aryl methyl sites for hydroxylation is 1. The van der Waals surface area contributed by atoms with Crippen LogP contribution in [0.25, 0.3) is 0 Å². The van der Waals surface area contributed by atoms with E-state index in [1.807, 2.05) is 6.92 Å². The molecule has 0 amide bonds. The van der Waals surface area contributed by atoms with E-state index in [-0.39, 0.29) is 17.4 Å². The maximum atomic E-state index is 13.7. The van der Waals surface area contributed by atoms with Crippen LogP contribution >= 0.6 is 12.2 Å². The van der Waals surface area contributed by atoms with E-state index in [2.05, 4.69) is 0 Å². The van der Waals surface area contributed by atoms with Crippen LogP contribution in [0.15, 0.2) is 71.6 Å². The number of halogens is 4. The molecule has 0 aliphatic carbocycles. The number of alkyl halides is 3. The fraction of sp³-hybridized carbons (Fsp3) is 0.269. The highest BCUT2D eigenvalue weighted by Gasteiger charge is 2.34. The molecule has 9 heteroatoms. The summed E-state index contributed by atoms with van der Waals surface area (Å²) in [5.41, 5.74) is 1.65. The van der Waals surface area contributed by atoms with E-state index < -0.39 is 27.6 Å². The van der Waals surface area contributed by atoms with Crippen LogP contribution in [0.2, 0.25) is 0 Å². The van der Waals surface area contributed by atoms with Crippen molar-refractivity contribution < 1.29 is 26.0 Å². The Morgan fingerprint density at radius 1 is 1.00 bits per heavy atom. The molecular formula is C26H23F4NO2S2. The van der Waals surface area contributed by atoms with Crippen molar-refractivity contribution >= 4 is 32.8 Å². The lowest BCUT2D eigenvalue weighted by Gasteiger charge is -2.36. The molecule has 0 aromatic heterocycles. The predicted octanol–water partition coefficient (Wildman–Crippen LogP) is 6.53. The quantitative estimate of drug-likeness (QED) is 0.273. The second-order valence-corrected chi connectivity index (χ2v) is 11.1. The minimum Gasteiger partial charge on any atom is -0.263 e. The lowest BCUT2D eigenvalue weighted by atomic mass is 9.99. The van der Waals surface area contributed by atoms with E-state index in [4.69, 9.17) is 12.2 Å². The van der Waals surface area contributed by atoms with Crippen molar-refractivity contribution in [3.8, 4) is 0 Å². The van der Waals surface area contributed by atoms with Gasteiger partial charge >= 0.3 is 6.18 Å². The topological polar surface area (TPSA) is 37.4 Å². The standard InChI is InChI=1S/C26H23F4NO2S2/c1-17-5-8-20-16-22(27)9-12-25(20)31(17)35(32,33)24-10-6-18(7-11-24)14-23(34)15-19-3-2-4-21(13-19)26(28,29)30/h2-4,6-7,9-13,16-17H,5,8,14-15H2,1H3. The number of hydrogen-bond donors (Lipinski definition) is 0. The Labute approximate surface area is 207 Å². The summed E-state index contributed by atoms with van der Waals surface area (Å²) in [6.07, 6.45) is -2.70. The molecule has 1 unspecified atom stereocenters. The molecule has 0 spiro atoms. The first-order chi connectivity index (χ1) is 16.4. The van der Waals surface area contributed by atoms with Crippen LogP contribution in [0.5, 0.6) is 0 Å². The molecule has 1 heterocycles. The summed E-state index contributed by atoms with van der Waals surface area (Å²) in [6.45, 7) is 1.82. The smallest absolute Gasteiger partial charge is 0.263 e. The van der Waals surface area contributed by atoms with E-state index in [9.17, 15) is 26.0 Å². The SMILES string of the molecule is CC1CCc2cc(F)ccc2N1S(=O)(=O)c1ccc(CC(=S)Cc2cccc(C(F)(F)F)c2)cc1. The Hall–Kier alpha value is -2.78. The van der Waals surface area contributed by atoms with Crippen molar-refractivity contribution in [2.45, 2.75) is 49.7 Å². The highest BCUT2D eigenvalue weighted by molar-refractivity contribution is 7.92. The molecule has 0 radical (unpaired) electrons. The molecule has 3 nitrogen and oxygen atoms in total. The molecule has 0 bridgehead atoms. The molecule has 0 N–H and O–H groups in total. The van der Waals surface area contributed by atoms with Crippen LogP contribution in [0.3, 0.4) is 0 Å². The van der Waals surface area contributed by atoms with Gasteiger partial charge in [-0.1, -0.05) is 42.5 Å². The van der Waals surface area contributed by atoms with Gasteiger partial charge in [0.25, 0.3) is 10.0 Å². The van der Waals surface area contributed by atoms with Crippen LogP contribution in [0.1, 0.15) is 35.6 Å². The zero-order valence-electron chi connectivity index (χ0n) is 18.8. The van der Waals surface area contributed by atoms with E-state index in [0.717, 1.165) is 17.7 Å². The second-order valence-electron chi connectivity index (χ2n) is 8.70. The third-order valence-corrected chi connectivity index (χ3v) is 8.28. The first kappa shape index (κ1) is 25.3. The Balaban J connectivity index is 1.50. The van der Waals surface area contributed by atoms with Gasteiger partial charge in [-0.2, -0.15) is 13.2 Å². The average molecular weight is 522 g/mol. The van der Waals surface area contributed by atoms with Crippen molar-refractivity contribution in [3.63, 3.8) is 0 Å². The van der Waals surface area contributed by atoms with Crippen molar-refractivity contribution in [1.29, 1.82) is 0 Å². The molecule has 35 heavy (non-hydrogen) atoms. The fourth-order valence-corrected chi connectivity index (χ4v) is 6.38. The highest BCUT2D eigenvalue weighted by atomic mass is 32.2. The van der Waals surface area contributed by atoms with E-state index in [1.165, 1.54) is 40.7 Å². The van der Waals surface area contributed by atoms with Crippen LogP contribution in [0, 0.1) is 5.82 Å². The van der Waals surface area contributed by atoms with Gasteiger partial charge in [-0.25, -0.2) is 12.8 Å². The third-order valence-electron chi connectivity index (χ3n) is 6.05. The molecule has 0 saturated heterocycles. The van der Waals surface area contributed by atoms with Crippen molar-refractivity contribution in [2.24, 2.45) is 0 Å². The van der Waals surface area contributed by atoms with E-state index >= 15 is 0 Å². The molecule has 184 valence electrons. The minimum absolute atomic E-state index is 0.106. The van der Waals surface area contributed by atoms with Gasteiger partial charge in [0.2, 0.25) is 0 Å². The van der Waals surface area contributed by atoms with Crippen molar-refractivity contribution in [3.05, 3.63) is 94.8 Å². The Morgan fingerprint density at radius 3 is 2.37 bits per heavy atom. The zero-order valence-corrected chi connectivity index (χ0v) is 20.5. The first-order valence-electron chi connectivity index (χ1n) is 11.0. The molecule has 0 saturated carbocycles. The number of thiocarbonyl (C=S) groups is 1. The molecule has 3 aromatic rings. The molecule has 0 fully saturated rings. The maximum Gasteiger partial charge on any atom is 0.416 e. The summed E-state index contributed by atoms with van der Waals surface area (Å²) in [7, 11) is -3.88. The Bertz CT molecular complexity index is 1350. The average Bonchev–Trinajstić information content (AvgIpc) is 2.79. The zero-order chi connectivity index (χ0) is 25.4.